The van der Waals surface area contributed by atoms with Crippen molar-refractivity contribution in [3.63, 3.8) is 0 Å². The van der Waals surface area contributed by atoms with Gasteiger partial charge in [0.1, 0.15) is 0 Å². The van der Waals surface area contributed by atoms with Crippen molar-refractivity contribution >= 4 is 0 Å². The summed E-state index contributed by atoms with van der Waals surface area (Å²) < 4.78 is 57.1. The third-order valence-electron chi connectivity index (χ3n) is 7.38. The Morgan fingerprint density at radius 2 is 0.980 bits per heavy atom. The fourth-order valence-corrected chi connectivity index (χ4v) is 5.30. The topological polar surface area (TPSA) is 16.3 Å². The van der Waals surface area contributed by atoms with Gasteiger partial charge in [0.2, 0.25) is 0 Å². The first-order valence-corrected chi connectivity index (χ1v) is 15.6. The first-order chi connectivity index (χ1) is 22.8. The number of aromatic nitrogens is 2. The van der Waals surface area contributed by atoms with Crippen molar-refractivity contribution in [1.82, 2.24) is 18.9 Å². The summed E-state index contributed by atoms with van der Waals surface area (Å²) in [7, 11) is 7.94. The van der Waals surface area contributed by atoms with E-state index in [2.05, 4.69) is 46.2 Å². The molecule has 0 atom stereocenters. The predicted octanol–water partition coefficient (Wildman–Crippen LogP) is 9.08. The zero-order valence-electron chi connectivity index (χ0n) is 29.6. The Balaban J connectivity index is 0.000000260. The Bertz CT molecular complexity index is 1630. The van der Waals surface area contributed by atoms with Gasteiger partial charge in [-0.25, -0.2) is 41.9 Å². The Morgan fingerprint density at radius 1 is 0.612 bits per heavy atom. The summed E-state index contributed by atoms with van der Waals surface area (Å²) in [5, 5.41) is 0. The molecule has 0 fully saturated rings. The molecule has 4 aromatic rings. The van der Waals surface area contributed by atoms with Crippen molar-refractivity contribution in [2.45, 2.75) is 53.6 Å². The third kappa shape index (κ3) is 12.3. The van der Waals surface area contributed by atoms with Crippen molar-refractivity contribution in [1.29, 1.82) is 0 Å². The molecule has 0 saturated carbocycles. The van der Waals surface area contributed by atoms with Gasteiger partial charge in [-0.05, 0) is 90.5 Å². The smallest absolute Gasteiger partial charge is 0.370 e. The molecule has 0 amide bonds. The second-order valence-electron chi connectivity index (χ2n) is 12.0. The average molecular weight is 705 g/mol. The molecule has 2 heterocycles. The predicted molar refractivity (Wildman–Crippen MR) is 186 cm³/mol. The van der Waals surface area contributed by atoms with Gasteiger partial charge in [0.05, 0.1) is 0 Å². The van der Waals surface area contributed by atoms with E-state index in [1.54, 1.807) is 9.13 Å². The molecule has 9 heteroatoms. The summed E-state index contributed by atoms with van der Waals surface area (Å²) in [4.78, 5) is 4.11. The Morgan fingerprint density at radius 3 is 1.22 bits per heavy atom. The van der Waals surface area contributed by atoms with Crippen LogP contribution in [0.25, 0.3) is 11.4 Å². The van der Waals surface area contributed by atoms with E-state index < -0.39 is 23.3 Å². The summed E-state index contributed by atoms with van der Waals surface area (Å²) >= 11 is 0. The largest absolute Gasteiger partial charge is 4.00 e. The molecule has 49 heavy (non-hydrogen) atoms. The average Bonchev–Trinajstić information content (AvgIpc) is 3.84. The van der Waals surface area contributed by atoms with Crippen molar-refractivity contribution in [2.75, 3.05) is 28.2 Å². The number of rotatable bonds is 6. The molecule has 0 radical (unpaired) electrons. The molecule has 0 unspecified atom stereocenters. The van der Waals surface area contributed by atoms with Gasteiger partial charge in [0.15, 0.2) is 0 Å². The van der Waals surface area contributed by atoms with Crippen LogP contribution in [0.2, 0.25) is 0 Å². The number of allylic oxidation sites excluding steroid dienone is 8. The molecule has 0 aliphatic heterocycles. The quantitative estimate of drug-likeness (QED) is 0.113. The van der Waals surface area contributed by atoms with Gasteiger partial charge in [0, 0.05) is 59.1 Å². The molecule has 0 spiro atoms. The first-order valence-electron chi connectivity index (χ1n) is 15.6. The van der Waals surface area contributed by atoms with E-state index in [0.29, 0.717) is 11.4 Å². The Labute approximate surface area is 304 Å². The van der Waals surface area contributed by atoms with Gasteiger partial charge in [-0.15, -0.1) is 49.2 Å². The van der Waals surface area contributed by atoms with Crippen LogP contribution < -0.4 is 0 Å². The first kappa shape index (κ1) is 41.5. The number of benzene rings is 2. The molecule has 256 valence electrons. The van der Waals surface area contributed by atoms with Crippen LogP contribution in [-0.2, 0) is 34.8 Å². The summed E-state index contributed by atoms with van der Waals surface area (Å²) in [6, 6.07) is 13.5. The third-order valence-corrected chi connectivity index (χ3v) is 7.38. The number of hydrogen-bond donors (Lipinski definition) is 0. The van der Waals surface area contributed by atoms with Crippen molar-refractivity contribution in [3.8, 4) is 11.4 Å². The van der Waals surface area contributed by atoms with E-state index in [-0.39, 0.29) is 21.7 Å². The molecule has 0 bridgehead atoms. The maximum absolute atomic E-state index is 13.8. The minimum atomic E-state index is -0.683. The van der Waals surface area contributed by atoms with Crippen molar-refractivity contribution in [2.24, 2.45) is 0 Å². The van der Waals surface area contributed by atoms with Gasteiger partial charge in [0.25, 0.3) is 0 Å². The SMILES string of the molecule is Cc1cc(CN(C)C)c(C)n1-c1ccc(F)[c-]c1F.Cc1cc(CN(C)C)c(C)n1-c1ccc(F)[c-]c1F.[C-]1=CC=CC1.[C-]1=CC=CC1.[Ti+4]. The van der Waals surface area contributed by atoms with Crippen molar-refractivity contribution in [3.05, 3.63) is 154 Å². The second-order valence-corrected chi connectivity index (χ2v) is 12.0. The minimum absolute atomic E-state index is 0. The molecule has 0 saturated heterocycles. The standard InChI is InChI=1S/2C15H17F2N2.2C5H5.Ti/c2*1-10-7-12(9-18(3)4)11(2)19(10)15-6-5-13(16)8-14(15)17;2*1-2-4-5-3-1;/h2*5-7H,9H2,1-4H3;2*1-3H,4H2;/q4*-1;+4. The summed E-state index contributed by atoms with van der Waals surface area (Å²) in [6.07, 6.45) is 20.0. The van der Waals surface area contributed by atoms with Gasteiger partial charge >= 0.3 is 21.7 Å². The van der Waals surface area contributed by atoms with Gasteiger partial charge in [-0.2, -0.15) is 12.2 Å². The Hall–Kier alpha value is -3.69. The van der Waals surface area contributed by atoms with Crippen LogP contribution in [0.4, 0.5) is 17.6 Å². The molecule has 0 N–H and O–H groups in total. The number of halogens is 4. The molecular formula is C40H44F4N4Ti. The van der Waals surface area contributed by atoms with Crippen molar-refractivity contribution < 1.29 is 39.3 Å². The molecule has 6 rings (SSSR count). The number of aryl methyl sites for hydroxylation is 2. The van der Waals surface area contributed by atoms with E-state index in [9.17, 15) is 17.6 Å². The summed E-state index contributed by atoms with van der Waals surface area (Å²) in [5.74, 6) is -2.70. The van der Waals surface area contributed by atoms with Gasteiger partial charge in [-0.1, -0.05) is 0 Å². The van der Waals surface area contributed by atoms with Crippen LogP contribution >= 0.6 is 0 Å². The van der Waals surface area contributed by atoms with Crippen LogP contribution in [0, 0.1) is 75.2 Å². The fourth-order valence-electron chi connectivity index (χ4n) is 5.30. The molecule has 2 aliphatic carbocycles. The summed E-state index contributed by atoms with van der Waals surface area (Å²) in [6.45, 7) is 9.27. The zero-order valence-corrected chi connectivity index (χ0v) is 31.1. The maximum atomic E-state index is 13.8. The van der Waals surface area contributed by atoms with E-state index in [4.69, 9.17) is 0 Å². The monoisotopic (exact) mass is 704 g/mol. The molecule has 2 aliphatic rings. The summed E-state index contributed by atoms with van der Waals surface area (Å²) in [5.41, 5.74) is 6.71. The molecular weight excluding hydrogens is 660 g/mol. The van der Waals surface area contributed by atoms with Crippen LogP contribution in [0.5, 0.6) is 0 Å². The zero-order chi connectivity index (χ0) is 35.4. The molecule has 2 aromatic carbocycles. The molecule has 4 nitrogen and oxygen atoms in total. The molecule has 2 aromatic heterocycles. The van der Waals surface area contributed by atoms with Crippen LogP contribution in [0.15, 0.2) is 72.9 Å². The van der Waals surface area contributed by atoms with Gasteiger partial charge in [-0.3, -0.25) is 12.2 Å². The van der Waals surface area contributed by atoms with Crippen LogP contribution in [-0.4, -0.2) is 47.1 Å². The fraction of sp³-hybridized carbons (Fsp3) is 0.300. The van der Waals surface area contributed by atoms with E-state index in [1.165, 1.54) is 24.3 Å². The van der Waals surface area contributed by atoms with Gasteiger partial charge < -0.3 is 18.9 Å². The minimum Gasteiger partial charge on any atom is -0.370 e. The number of nitrogens with zero attached hydrogens (tertiary/aromatic N) is 4. The maximum Gasteiger partial charge on any atom is 4.00 e. The van der Waals surface area contributed by atoms with E-state index >= 15 is 0 Å². The normalized spacial score (nSPS) is 12.4. The van der Waals surface area contributed by atoms with Crippen LogP contribution in [0.3, 0.4) is 0 Å². The van der Waals surface area contributed by atoms with Crippen LogP contribution in [0.1, 0.15) is 46.7 Å². The number of hydrogen-bond acceptors (Lipinski definition) is 2. The Kier molecular flexibility index (Phi) is 17.0. The van der Waals surface area contributed by atoms with E-state index in [1.807, 2.05) is 92.3 Å². The van der Waals surface area contributed by atoms with E-state index in [0.717, 1.165) is 59.8 Å². The second kappa shape index (κ2) is 20.1.